The van der Waals surface area contributed by atoms with Gasteiger partial charge in [0.25, 0.3) is 5.91 Å². The molecule has 0 bridgehead atoms. The van der Waals surface area contributed by atoms with Crippen molar-refractivity contribution in [2.45, 2.75) is 51.6 Å². The van der Waals surface area contributed by atoms with Gasteiger partial charge in [-0.25, -0.2) is 0 Å². The number of hydrogen-bond acceptors (Lipinski definition) is 4. The molecule has 0 radical (unpaired) electrons. The number of furan rings is 2. The van der Waals surface area contributed by atoms with E-state index in [2.05, 4.69) is 5.32 Å². The molecule has 0 unspecified atom stereocenters. The number of carbonyl (C=O) groups is 2. The smallest absolute Gasteiger partial charge is 0.255 e. The number of aryl methyl sites for hydroxylation is 1. The molecule has 1 fully saturated rings. The molecule has 6 nitrogen and oxygen atoms in total. The van der Waals surface area contributed by atoms with E-state index in [1.807, 2.05) is 24.0 Å². The van der Waals surface area contributed by atoms with Crippen LogP contribution in [0.25, 0.3) is 0 Å². The maximum absolute atomic E-state index is 13.0. The second-order valence-electron chi connectivity index (χ2n) is 6.55. The Morgan fingerprint density at radius 2 is 2.08 bits per heavy atom. The van der Waals surface area contributed by atoms with E-state index in [1.165, 1.54) is 12.5 Å². The first-order chi connectivity index (χ1) is 12.1. The van der Waals surface area contributed by atoms with Crippen molar-refractivity contribution in [2.75, 3.05) is 6.54 Å². The van der Waals surface area contributed by atoms with Crippen LogP contribution in [-0.2, 0) is 4.79 Å². The predicted molar refractivity (Wildman–Crippen MR) is 92.0 cm³/mol. The first-order valence-corrected chi connectivity index (χ1v) is 8.76. The van der Waals surface area contributed by atoms with Gasteiger partial charge in [0, 0.05) is 6.54 Å². The molecule has 6 heteroatoms. The van der Waals surface area contributed by atoms with Gasteiger partial charge >= 0.3 is 0 Å². The maximum Gasteiger partial charge on any atom is 0.255 e. The van der Waals surface area contributed by atoms with Crippen molar-refractivity contribution in [1.82, 2.24) is 10.2 Å². The van der Waals surface area contributed by atoms with E-state index in [9.17, 15) is 9.59 Å². The zero-order valence-corrected chi connectivity index (χ0v) is 14.7. The van der Waals surface area contributed by atoms with Gasteiger partial charge in [-0.3, -0.25) is 9.59 Å². The lowest BCUT2D eigenvalue weighted by Crippen LogP contribution is -2.48. The summed E-state index contributed by atoms with van der Waals surface area (Å²) in [6.07, 6.45) is 6.80. The fraction of sp³-hybridized carbons (Fsp3) is 0.474. The standard InChI is InChI=1S/C19H24N2O4/c1-13-7-8-17(25-13)16-6-4-3-5-10-21(16)19(23)14(2)20-18(22)15-9-11-24-12-15/h7-9,11-12,14,16H,3-6,10H2,1-2H3,(H,20,22)/t14-,16-/m0/s1. The lowest BCUT2D eigenvalue weighted by molar-refractivity contribution is -0.135. The van der Waals surface area contributed by atoms with Crippen molar-refractivity contribution >= 4 is 11.8 Å². The summed E-state index contributed by atoms with van der Waals surface area (Å²) >= 11 is 0. The summed E-state index contributed by atoms with van der Waals surface area (Å²) in [6.45, 7) is 4.30. The van der Waals surface area contributed by atoms with Crippen molar-refractivity contribution in [2.24, 2.45) is 0 Å². The zero-order valence-electron chi connectivity index (χ0n) is 14.7. The first-order valence-electron chi connectivity index (χ1n) is 8.76. The molecule has 0 saturated carbocycles. The molecule has 134 valence electrons. The molecule has 1 aliphatic rings. The van der Waals surface area contributed by atoms with Gasteiger partial charge in [0.15, 0.2) is 0 Å². The number of amides is 2. The minimum Gasteiger partial charge on any atom is -0.472 e. The summed E-state index contributed by atoms with van der Waals surface area (Å²) in [5, 5.41) is 2.76. The van der Waals surface area contributed by atoms with Gasteiger partial charge in [-0.1, -0.05) is 12.8 Å². The molecule has 0 aliphatic carbocycles. The lowest BCUT2D eigenvalue weighted by Gasteiger charge is -2.31. The van der Waals surface area contributed by atoms with E-state index in [-0.39, 0.29) is 17.9 Å². The molecule has 2 atom stereocenters. The molecule has 3 heterocycles. The fourth-order valence-corrected chi connectivity index (χ4v) is 3.28. The Kier molecular flexibility index (Phi) is 5.26. The minimum absolute atomic E-state index is 0.0722. The number of nitrogens with one attached hydrogen (secondary N) is 1. The highest BCUT2D eigenvalue weighted by Crippen LogP contribution is 2.31. The summed E-state index contributed by atoms with van der Waals surface area (Å²) in [5.74, 6) is 1.27. The molecular weight excluding hydrogens is 320 g/mol. The van der Waals surface area contributed by atoms with E-state index >= 15 is 0 Å². The van der Waals surface area contributed by atoms with Gasteiger partial charge in [0.1, 0.15) is 23.8 Å². The number of likely N-dealkylation sites (tertiary alicyclic amines) is 1. The Labute approximate surface area is 147 Å². The Hall–Kier alpha value is -2.50. The van der Waals surface area contributed by atoms with Gasteiger partial charge in [0.05, 0.1) is 17.9 Å². The van der Waals surface area contributed by atoms with Crippen LogP contribution >= 0.6 is 0 Å². The topological polar surface area (TPSA) is 75.7 Å². The number of hydrogen-bond donors (Lipinski definition) is 1. The van der Waals surface area contributed by atoms with E-state index in [4.69, 9.17) is 8.83 Å². The second kappa shape index (κ2) is 7.59. The number of nitrogens with zero attached hydrogens (tertiary/aromatic N) is 1. The quantitative estimate of drug-likeness (QED) is 0.922. The molecule has 2 amide bonds. The van der Waals surface area contributed by atoms with E-state index in [0.717, 1.165) is 37.2 Å². The van der Waals surface area contributed by atoms with Gasteiger partial charge in [0.2, 0.25) is 5.91 Å². The molecule has 2 aromatic rings. The fourth-order valence-electron chi connectivity index (χ4n) is 3.28. The normalized spacial score (nSPS) is 19.3. The van der Waals surface area contributed by atoms with E-state index in [1.54, 1.807) is 13.0 Å². The van der Waals surface area contributed by atoms with Gasteiger partial charge in [-0.2, -0.15) is 0 Å². The summed E-state index contributed by atoms with van der Waals surface area (Å²) in [7, 11) is 0. The summed E-state index contributed by atoms with van der Waals surface area (Å²) in [5.41, 5.74) is 0.411. The maximum atomic E-state index is 13.0. The molecule has 25 heavy (non-hydrogen) atoms. The predicted octanol–water partition coefficient (Wildman–Crippen LogP) is 3.44. The SMILES string of the molecule is Cc1ccc([C@@H]2CCCCCN2C(=O)[C@H](C)NC(=O)c2ccoc2)o1. The molecule has 3 rings (SSSR count). The highest BCUT2D eigenvalue weighted by Gasteiger charge is 2.32. The zero-order chi connectivity index (χ0) is 17.8. The van der Waals surface area contributed by atoms with Gasteiger partial charge in [-0.15, -0.1) is 0 Å². The molecule has 2 aromatic heterocycles. The van der Waals surface area contributed by atoms with Crippen LogP contribution in [0.4, 0.5) is 0 Å². The van der Waals surface area contributed by atoms with Crippen LogP contribution in [-0.4, -0.2) is 29.3 Å². The third kappa shape index (κ3) is 3.95. The van der Waals surface area contributed by atoms with Crippen molar-refractivity contribution in [1.29, 1.82) is 0 Å². The number of carbonyl (C=O) groups excluding carboxylic acids is 2. The average molecular weight is 344 g/mol. The molecular formula is C19H24N2O4. The highest BCUT2D eigenvalue weighted by atomic mass is 16.3. The van der Waals surface area contributed by atoms with Crippen molar-refractivity contribution in [3.8, 4) is 0 Å². The van der Waals surface area contributed by atoms with Crippen LogP contribution in [0.5, 0.6) is 0 Å². The molecule has 0 aromatic carbocycles. The van der Waals surface area contributed by atoms with Gasteiger partial charge in [-0.05, 0) is 44.9 Å². The average Bonchev–Trinajstić information content (AvgIpc) is 3.21. The summed E-state index contributed by atoms with van der Waals surface area (Å²) < 4.78 is 10.7. The molecule has 0 spiro atoms. The van der Waals surface area contributed by atoms with Crippen molar-refractivity contribution in [3.63, 3.8) is 0 Å². The molecule has 1 N–H and O–H groups in total. The summed E-state index contributed by atoms with van der Waals surface area (Å²) in [6, 6.07) is 4.76. The second-order valence-corrected chi connectivity index (χ2v) is 6.55. The monoisotopic (exact) mass is 344 g/mol. The van der Waals surface area contributed by atoms with Crippen LogP contribution in [0.2, 0.25) is 0 Å². The van der Waals surface area contributed by atoms with Crippen LogP contribution in [0.3, 0.4) is 0 Å². The van der Waals surface area contributed by atoms with Crippen molar-refractivity contribution in [3.05, 3.63) is 47.8 Å². The Bertz CT molecular complexity index is 720. The lowest BCUT2D eigenvalue weighted by atomic mass is 10.1. The van der Waals surface area contributed by atoms with Crippen LogP contribution < -0.4 is 5.32 Å². The highest BCUT2D eigenvalue weighted by molar-refractivity contribution is 5.97. The third-order valence-electron chi connectivity index (χ3n) is 4.63. The number of rotatable bonds is 4. The van der Waals surface area contributed by atoms with Crippen LogP contribution in [0.15, 0.2) is 39.6 Å². The van der Waals surface area contributed by atoms with Crippen molar-refractivity contribution < 1.29 is 18.4 Å². The van der Waals surface area contributed by atoms with E-state index < -0.39 is 6.04 Å². The molecule has 1 saturated heterocycles. The molecule has 1 aliphatic heterocycles. The first kappa shape index (κ1) is 17.3. The Morgan fingerprint density at radius 3 is 2.76 bits per heavy atom. The Balaban J connectivity index is 1.73. The van der Waals surface area contributed by atoms with Crippen LogP contribution in [0.1, 0.15) is 60.5 Å². The summed E-state index contributed by atoms with van der Waals surface area (Å²) in [4.78, 5) is 27.0. The third-order valence-corrected chi connectivity index (χ3v) is 4.63. The Morgan fingerprint density at radius 1 is 1.24 bits per heavy atom. The van der Waals surface area contributed by atoms with Crippen LogP contribution in [0, 0.1) is 6.92 Å². The largest absolute Gasteiger partial charge is 0.472 e. The van der Waals surface area contributed by atoms with Gasteiger partial charge < -0.3 is 19.1 Å². The minimum atomic E-state index is -0.612. The van der Waals surface area contributed by atoms with E-state index in [0.29, 0.717) is 12.1 Å².